The van der Waals surface area contributed by atoms with Gasteiger partial charge in [-0.3, -0.25) is 19.3 Å². The molecule has 220 valence electrons. The van der Waals surface area contributed by atoms with Crippen molar-refractivity contribution in [2.45, 2.75) is 28.9 Å². The lowest BCUT2D eigenvalue weighted by atomic mass is 9.93. The molecule has 1 saturated heterocycles. The number of aromatic nitrogens is 1. The SMILES string of the molecule is COCC1COC[C@@H]2N1C(=O)c1c(OCOC(=O)OC)c(=O)ccn1N2[C@@H]1c2ccccc2SCc2cccc(Cl)c21. The summed E-state index contributed by atoms with van der Waals surface area (Å²) in [5.41, 5.74) is 2.36. The van der Waals surface area contributed by atoms with Crippen molar-refractivity contribution in [2.75, 3.05) is 45.8 Å². The maximum absolute atomic E-state index is 14.3. The summed E-state index contributed by atoms with van der Waals surface area (Å²) in [6.07, 6.45) is -0.0243. The molecule has 0 spiro atoms. The van der Waals surface area contributed by atoms with Crippen molar-refractivity contribution >= 4 is 35.4 Å². The fourth-order valence-electron chi connectivity index (χ4n) is 5.77. The van der Waals surface area contributed by atoms with Crippen molar-refractivity contribution in [1.29, 1.82) is 0 Å². The van der Waals surface area contributed by atoms with Crippen LogP contribution in [0.4, 0.5) is 4.79 Å². The van der Waals surface area contributed by atoms with Gasteiger partial charge < -0.3 is 28.6 Å². The van der Waals surface area contributed by atoms with E-state index in [0.717, 1.165) is 28.7 Å². The van der Waals surface area contributed by atoms with Crippen LogP contribution in [0.1, 0.15) is 33.2 Å². The van der Waals surface area contributed by atoms with Gasteiger partial charge in [-0.05, 0) is 23.3 Å². The second kappa shape index (κ2) is 11.9. The van der Waals surface area contributed by atoms with Crippen molar-refractivity contribution in [3.05, 3.63) is 92.4 Å². The Morgan fingerprint density at radius 3 is 2.74 bits per heavy atom. The lowest BCUT2D eigenvalue weighted by Gasteiger charge is -2.53. The number of amides is 1. The smallest absolute Gasteiger partial charge is 0.451 e. The first-order chi connectivity index (χ1) is 20.4. The Labute approximate surface area is 250 Å². The molecule has 0 aliphatic carbocycles. The third-order valence-electron chi connectivity index (χ3n) is 7.50. The highest BCUT2D eigenvalue weighted by Crippen LogP contribution is 2.46. The first kappa shape index (κ1) is 28.4. The first-order valence-corrected chi connectivity index (χ1v) is 14.6. The average Bonchev–Trinajstić information content (AvgIpc) is 3.16. The standard InChI is InChI=1S/C29H28ClN3O8S/c1-37-12-18-13-39-14-23-32(18)28(35)26-27(40-16-41-29(36)38-2)21(34)10-11-31(26)33(23)25-19-7-3-4-9-22(19)42-15-17-6-5-8-20(30)24(17)25/h3-11,18,23,25H,12-16H2,1-2H3/t18?,23-,25-/m1/s1. The van der Waals surface area contributed by atoms with E-state index >= 15 is 0 Å². The van der Waals surface area contributed by atoms with Gasteiger partial charge in [0.15, 0.2) is 5.69 Å². The number of benzene rings is 2. The molecule has 42 heavy (non-hydrogen) atoms. The van der Waals surface area contributed by atoms with Crippen LogP contribution in [0.2, 0.25) is 5.02 Å². The molecule has 3 aliphatic heterocycles. The van der Waals surface area contributed by atoms with Gasteiger partial charge in [-0.1, -0.05) is 41.9 Å². The highest BCUT2D eigenvalue weighted by atomic mass is 35.5. The number of rotatable bonds is 6. The zero-order chi connectivity index (χ0) is 29.4. The summed E-state index contributed by atoms with van der Waals surface area (Å²) in [6.45, 7) is 0.0306. The van der Waals surface area contributed by atoms with E-state index in [1.807, 2.05) is 35.3 Å². The van der Waals surface area contributed by atoms with Gasteiger partial charge in [0.2, 0.25) is 18.0 Å². The van der Waals surface area contributed by atoms with E-state index in [9.17, 15) is 14.4 Å². The maximum Gasteiger partial charge on any atom is 0.510 e. The number of carbonyl (C=O) groups excluding carboxylic acids is 2. The fraction of sp³-hybridized carbons (Fsp3) is 0.345. The number of pyridine rings is 1. The molecule has 0 saturated carbocycles. The summed E-state index contributed by atoms with van der Waals surface area (Å²) in [7, 11) is 2.71. The van der Waals surface area contributed by atoms with E-state index in [4.69, 9.17) is 30.5 Å². The van der Waals surface area contributed by atoms with Crippen LogP contribution in [0, 0.1) is 0 Å². The van der Waals surface area contributed by atoms with Crippen LogP contribution >= 0.6 is 23.4 Å². The predicted molar refractivity (Wildman–Crippen MR) is 154 cm³/mol. The zero-order valence-electron chi connectivity index (χ0n) is 22.9. The van der Waals surface area contributed by atoms with E-state index < -0.39 is 42.5 Å². The van der Waals surface area contributed by atoms with Gasteiger partial charge >= 0.3 is 6.16 Å². The molecule has 1 unspecified atom stereocenters. The number of nitrogens with zero attached hydrogens (tertiary/aromatic N) is 3. The Morgan fingerprint density at radius 1 is 1.10 bits per heavy atom. The van der Waals surface area contributed by atoms with Crippen molar-refractivity contribution in [3.8, 4) is 5.75 Å². The minimum Gasteiger partial charge on any atom is -0.451 e. The molecule has 1 amide bonds. The molecule has 6 rings (SSSR count). The van der Waals surface area contributed by atoms with Crippen LogP contribution in [0.15, 0.2) is 64.4 Å². The summed E-state index contributed by atoms with van der Waals surface area (Å²) in [5, 5.41) is 2.59. The minimum atomic E-state index is -0.986. The molecule has 3 atom stereocenters. The first-order valence-electron chi connectivity index (χ1n) is 13.2. The second-order valence-corrected chi connectivity index (χ2v) is 11.2. The molecular weight excluding hydrogens is 586 g/mol. The predicted octanol–water partition coefficient (Wildman–Crippen LogP) is 3.78. The highest BCUT2D eigenvalue weighted by molar-refractivity contribution is 7.98. The Balaban J connectivity index is 1.59. The van der Waals surface area contributed by atoms with Crippen LogP contribution in [0.25, 0.3) is 0 Å². The van der Waals surface area contributed by atoms with Crippen molar-refractivity contribution in [2.24, 2.45) is 0 Å². The van der Waals surface area contributed by atoms with Gasteiger partial charge in [-0.15, -0.1) is 11.8 Å². The van der Waals surface area contributed by atoms with E-state index in [0.29, 0.717) is 10.8 Å². The van der Waals surface area contributed by atoms with E-state index in [1.165, 1.54) is 6.07 Å². The molecule has 1 fully saturated rings. The Hall–Kier alpha value is -3.71. The Morgan fingerprint density at radius 2 is 1.93 bits per heavy atom. The van der Waals surface area contributed by atoms with Crippen LogP contribution in [-0.2, 0) is 24.7 Å². The Kier molecular flexibility index (Phi) is 8.04. The van der Waals surface area contributed by atoms with Gasteiger partial charge in [0, 0.05) is 40.6 Å². The fourth-order valence-corrected chi connectivity index (χ4v) is 7.15. The minimum absolute atomic E-state index is 0.0156. The number of hydrogen-bond donors (Lipinski definition) is 0. The van der Waals surface area contributed by atoms with Crippen molar-refractivity contribution < 1.29 is 33.3 Å². The van der Waals surface area contributed by atoms with Gasteiger partial charge in [0.25, 0.3) is 5.91 Å². The molecule has 0 radical (unpaired) electrons. The van der Waals surface area contributed by atoms with Crippen molar-refractivity contribution in [3.63, 3.8) is 0 Å². The molecule has 11 nitrogen and oxygen atoms in total. The molecule has 0 N–H and O–H groups in total. The van der Waals surface area contributed by atoms with Crippen molar-refractivity contribution in [1.82, 2.24) is 9.58 Å². The number of morpholine rings is 1. The third kappa shape index (κ3) is 4.87. The number of ether oxygens (including phenoxy) is 5. The molecule has 3 aromatic rings. The summed E-state index contributed by atoms with van der Waals surface area (Å²) in [6, 6.07) is 14.3. The van der Waals surface area contributed by atoms with Crippen LogP contribution in [-0.4, -0.2) is 74.7 Å². The Bertz CT molecular complexity index is 1580. The molecule has 0 bridgehead atoms. The van der Waals surface area contributed by atoms with E-state index in [-0.39, 0.29) is 31.3 Å². The number of thioether (sulfide) groups is 1. The van der Waals surface area contributed by atoms with E-state index in [1.54, 1.807) is 34.6 Å². The maximum atomic E-state index is 14.3. The van der Waals surface area contributed by atoms with Crippen LogP contribution < -0.4 is 15.2 Å². The largest absolute Gasteiger partial charge is 0.510 e. The molecule has 1 aromatic heterocycles. The second-order valence-electron chi connectivity index (χ2n) is 9.82. The number of halogens is 1. The number of methoxy groups -OCH3 is 2. The quantitative estimate of drug-likeness (QED) is 0.301. The normalized spacial score (nSPS) is 20.9. The van der Waals surface area contributed by atoms with Gasteiger partial charge in [0.05, 0.1) is 33.0 Å². The summed E-state index contributed by atoms with van der Waals surface area (Å²) in [5.74, 6) is 0.0000680. The molecular formula is C29H28ClN3O8S. The van der Waals surface area contributed by atoms with Crippen LogP contribution in [0.5, 0.6) is 5.75 Å². The highest BCUT2D eigenvalue weighted by Gasteiger charge is 2.49. The lowest BCUT2D eigenvalue weighted by Crippen LogP contribution is -2.69. The lowest BCUT2D eigenvalue weighted by molar-refractivity contribution is -0.0696. The van der Waals surface area contributed by atoms with Gasteiger partial charge in [-0.25, -0.2) is 4.79 Å². The monoisotopic (exact) mass is 613 g/mol. The van der Waals surface area contributed by atoms with Crippen LogP contribution in [0.3, 0.4) is 0 Å². The molecule has 3 aliphatic rings. The zero-order valence-corrected chi connectivity index (χ0v) is 24.4. The number of fused-ring (bicyclic) bond motifs is 4. The summed E-state index contributed by atoms with van der Waals surface area (Å²) < 4.78 is 28.2. The molecule has 4 heterocycles. The molecule has 2 aromatic carbocycles. The van der Waals surface area contributed by atoms with E-state index in [2.05, 4.69) is 16.9 Å². The number of hydrogen-bond acceptors (Lipinski definition) is 10. The number of carbonyl (C=O) groups is 2. The van der Waals surface area contributed by atoms with Gasteiger partial charge in [0.1, 0.15) is 12.2 Å². The topological polar surface area (TPSA) is 109 Å². The third-order valence-corrected chi connectivity index (χ3v) is 8.97. The average molecular weight is 614 g/mol. The summed E-state index contributed by atoms with van der Waals surface area (Å²) in [4.78, 5) is 41.8. The molecule has 13 heteroatoms. The summed E-state index contributed by atoms with van der Waals surface area (Å²) >= 11 is 8.67. The van der Waals surface area contributed by atoms with Gasteiger partial charge in [-0.2, -0.15) is 0 Å².